The van der Waals surface area contributed by atoms with Crippen molar-refractivity contribution in [3.8, 4) is 11.5 Å². The molecule has 8 nitrogen and oxygen atoms in total. The van der Waals surface area contributed by atoms with Crippen molar-refractivity contribution in [2.24, 2.45) is 0 Å². The van der Waals surface area contributed by atoms with Gasteiger partial charge in [-0.3, -0.25) is 25.2 Å². The Kier molecular flexibility index (Phi) is 7.62. The zero-order valence-electron chi connectivity index (χ0n) is 19.5. The summed E-state index contributed by atoms with van der Waals surface area (Å²) in [5.74, 6) is 0.716. The van der Waals surface area contributed by atoms with Crippen molar-refractivity contribution in [1.82, 2.24) is 10.9 Å². The summed E-state index contributed by atoms with van der Waals surface area (Å²) < 4.78 is 11.2. The fourth-order valence-corrected chi connectivity index (χ4v) is 3.69. The molecule has 1 heterocycles. The molecule has 0 spiro atoms. The summed E-state index contributed by atoms with van der Waals surface area (Å²) in [7, 11) is 0. The lowest BCUT2D eigenvalue weighted by molar-refractivity contribution is -0.117. The highest BCUT2D eigenvalue weighted by Crippen LogP contribution is 2.22. The first-order valence-electron chi connectivity index (χ1n) is 11.5. The number of ether oxygens (including phenoxy) is 2. The van der Waals surface area contributed by atoms with Gasteiger partial charge in [-0.05, 0) is 79.6 Å². The molecule has 0 aromatic heterocycles. The Hall–Kier alpha value is -4.33. The van der Waals surface area contributed by atoms with E-state index in [1.165, 1.54) is 0 Å². The maximum absolute atomic E-state index is 12.4. The minimum atomic E-state index is -0.446. The number of rotatable bonds is 8. The van der Waals surface area contributed by atoms with Gasteiger partial charge in [-0.15, -0.1) is 0 Å². The number of carbonyl (C=O) groups excluding carboxylic acids is 3. The topological polar surface area (TPSA) is 97.0 Å². The van der Waals surface area contributed by atoms with Gasteiger partial charge in [0, 0.05) is 29.8 Å². The van der Waals surface area contributed by atoms with Gasteiger partial charge in [0.1, 0.15) is 18.1 Å². The van der Waals surface area contributed by atoms with Crippen LogP contribution in [0.1, 0.15) is 46.0 Å². The molecule has 0 bridgehead atoms. The monoisotopic (exact) mass is 473 g/mol. The highest BCUT2D eigenvalue weighted by Gasteiger charge is 2.21. The van der Waals surface area contributed by atoms with Crippen molar-refractivity contribution in [1.29, 1.82) is 0 Å². The van der Waals surface area contributed by atoms with E-state index < -0.39 is 11.8 Å². The normalized spacial score (nSPS) is 12.8. The fourth-order valence-electron chi connectivity index (χ4n) is 3.69. The Bertz CT molecular complexity index is 1170. The van der Waals surface area contributed by atoms with Crippen LogP contribution >= 0.6 is 0 Å². The zero-order chi connectivity index (χ0) is 24.6. The van der Waals surface area contributed by atoms with Crippen LogP contribution in [0.2, 0.25) is 0 Å². The molecule has 1 aliphatic rings. The first-order valence-corrected chi connectivity index (χ1v) is 11.5. The largest absolute Gasteiger partial charge is 0.494 e. The Labute approximate surface area is 203 Å². The highest BCUT2D eigenvalue weighted by molar-refractivity contribution is 6.00. The van der Waals surface area contributed by atoms with E-state index >= 15 is 0 Å². The Morgan fingerprint density at radius 3 is 1.86 bits per heavy atom. The number of benzene rings is 3. The van der Waals surface area contributed by atoms with E-state index in [-0.39, 0.29) is 5.91 Å². The van der Waals surface area contributed by atoms with Crippen LogP contribution in [0.3, 0.4) is 0 Å². The molecule has 0 aliphatic carbocycles. The van der Waals surface area contributed by atoms with Gasteiger partial charge in [-0.25, -0.2) is 0 Å². The molecule has 0 saturated carbocycles. The molecule has 1 saturated heterocycles. The molecular weight excluding hydrogens is 446 g/mol. The number of hydrogen-bond donors (Lipinski definition) is 2. The maximum atomic E-state index is 12.4. The van der Waals surface area contributed by atoms with Gasteiger partial charge >= 0.3 is 0 Å². The van der Waals surface area contributed by atoms with Gasteiger partial charge in [0.15, 0.2) is 0 Å². The molecule has 1 aliphatic heterocycles. The third-order valence-corrected chi connectivity index (χ3v) is 5.56. The average Bonchev–Trinajstić information content (AvgIpc) is 3.33. The number of nitrogens with one attached hydrogen (secondary N) is 2. The van der Waals surface area contributed by atoms with Crippen LogP contribution in [0, 0.1) is 0 Å². The van der Waals surface area contributed by atoms with Gasteiger partial charge in [-0.2, -0.15) is 0 Å². The quantitative estimate of drug-likeness (QED) is 0.484. The molecule has 0 atom stereocenters. The van der Waals surface area contributed by atoms with Crippen LogP contribution in [-0.4, -0.2) is 30.9 Å². The number of carbonyl (C=O) groups is 3. The van der Waals surface area contributed by atoms with Crippen molar-refractivity contribution in [3.63, 3.8) is 0 Å². The number of hydrogen-bond acceptors (Lipinski definition) is 5. The molecule has 35 heavy (non-hydrogen) atoms. The molecule has 0 unspecified atom stereocenters. The Morgan fingerprint density at radius 2 is 1.34 bits per heavy atom. The summed E-state index contributed by atoms with van der Waals surface area (Å²) in [5, 5.41) is 0. The minimum Gasteiger partial charge on any atom is -0.494 e. The van der Waals surface area contributed by atoms with Gasteiger partial charge in [0.2, 0.25) is 5.91 Å². The summed E-state index contributed by atoms with van der Waals surface area (Å²) in [6.45, 7) is 3.58. The number of anilines is 1. The Balaban J connectivity index is 1.25. The van der Waals surface area contributed by atoms with Crippen LogP contribution in [-0.2, 0) is 11.4 Å². The second-order valence-electron chi connectivity index (χ2n) is 7.99. The molecule has 0 radical (unpaired) electrons. The third-order valence-electron chi connectivity index (χ3n) is 5.56. The van der Waals surface area contributed by atoms with E-state index in [2.05, 4.69) is 10.9 Å². The minimum absolute atomic E-state index is 0.0863. The van der Waals surface area contributed by atoms with Gasteiger partial charge in [-0.1, -0.05) is 12.1 Å². The lowest BCUT2D eigenvalue weighted by Gasteiger charge is -2.16. The molecule has 4 rings (SSSR count). The second kappa shape index (κ2) is 11.2. The average molecular weight is 474 g/mol. The van der Waals surface area contributed by atoms with E-state index in [4.69, 9.17) is 9.47 Å². The second-order valence-corrected chi connectivity index (χ2v) is 7.99. The van der Waals surface area contributed by atoms with Crippen LogP contribution in [0.5, 0.6) is 11.5 Å². The van der Waals surface area contributed by atoms with E-state index in [1.54, 1.807) is 53.4 Å². The van der Waals surface area contributed by atoms with Crippen LogP contribution < -0.4 is 25.2 Å². The van der Waals surface area contributed by atoms with Crippen molar-refractivity contribution in [3.05, 3.63) is 89.5 Å². The summed E-state index contributed by atoms with van der Waals surface area (Å²) >= 11 is 0. The predicted molar refractivity (Wildman–Crippen MR) is 131 cm³/mol. The first kappa shape index (κ1) is 23.8. The lowest BCUT2D eigenvalue weighted by atomic mass is 10.1. The van der Waals surface area contributed by atoms with Crippen LogP contribution in [0.15, 0.2) is 72.8 Å². The van der Waals surface area contributed by atoms with Gasteiger partial charge < -0.3 is 14.4 Å². The van der Waals surface area contributed by atoms with E-state index in [0.717, 1.165) is 29.2 Å². The van der Waals surface area contributed by atoms with Crippen LogP contribution in [0.25, 0.3) is 0 Å². The molecule has 3 aromatic rings. The smallest absolute Gasteiger partial charge is 0.269 e. The Morgan fingerprint density at radius 1 is 0.800 bits per heavy atom. The fraction of sp³-hybridized carbons (Fsp3) is 0.222. The molecule has 1 fully saturated rings. The number of amides is 3. The van der Waals surface area contributed by atoms with Gasteiger partial charge in [0.05, 0.1) is 6.61 Å². The van der Waals surface area contributed by atoms with E-state index in [1.807, 2.05) is 31.2 Å². The lowest BCUT2D eigenvalue weighted by Crippen LogP contribution is -2.41. The molecular formula is C27H27N3O5. The molecule has 3 aromatic carbocycles. The zero-order valence-corrected chi connectivity index (χ0v) is 19.5. The summed E-state index contributed by atoms with van der Waals surface area (Å²) in [4.78, 5) is 38.3. The van der Waals surface area contributed by atoms with Crippen molar-refractivity contribution in [2.75, 3.05) is 18.1 Å². The predicted octanol–water partition coefficient (Wildman–Crippen LogP) is 3.87. The number of hydrazine groups is 1. The summed E-state index contributed by atoms with van der Waals surface area (Å²) in [5.41, 5.74) is 7.28. The SMILES string of the molecule is CCOc1ccc(OCc2ccc(C(=O)NNC(=O)c3ccc(N4CCCC4=O)cc3)cc2)cc1. The van der Waals surface area contributed by atoms with E-state index in [0.29, 0.717) is 37.3 Å². The molecule has 180 valence electrons. The van der Waals surface area contributed by atoms with E-state index in [9.17, 15) is 14.4 Å². The van der Waals surface area contributed by atoms with Crippen molar-refractivity contribution in [2.45, 2.75) is 26.4 Å². The molecule has 3 amide bonds. The van der Waals surface area contributed by atoms with Crippen molar-refractivity contribution < 1.29 is 23.9 Å². The third kappa shape index (κ3) is 6.17. The summed E-state index contributed by atoms with van der Waals surface area (Å²) in [6, 6.07) is 21.0. The van der Waals surface area contributed by atoms with Gasteiger partial charge in [0.25, 0.3) is 11.8 Å². The first-order chi connectivity index (χ1) is 17.0. The van der Waals surface area contributed by atoms with Crippen molar-refractivity contribution >= 4 is 23.4 Å². The maximum Gasteiger partial charge on any atom is 0.269 e. The molecule has 8 heteroatoms. The summed E-state index contributed by atoms with van der Waals surface area (Å²) in [6.07, 6.45) is 1.38. The molecule has 2 N–H and O–H groups in total. The van der Waals surface area contributed by atoms with Crippen LogP contribution in [0.4, 0.5) is 5.69 Å². The standard InChI is InChI=1S/C27H27N3O5/c1-2-34-23-13-15-24(16-14-23)35-18-19-5-7-20(8-6-19)26(32)28-29-27(33)21-9-11-22(12-10-21)30-17-3-4-25(30)31/h5-16H,2-4,17-18H2,1H3,(H,28,32)(H,29,33). The highest BCUT2D eigenvalue weighted by atomic mass is 16.5. The number of nitrogens with zero attached hydrogens (tertiary/aromatic N) is 1.